The summed E-state index contributed by atoms with van der Waals surface area (Å²) in [7, 11) is 1.46. The molecule has 38 heavy (non-hydrogen) atoms. The zero-order valence-electron chi connectivity index (χ0n) is 22.1. The molecule has 10 heteroatoms. The van der Waals surface area contributed by atoms with E-state index in [4.69, 9.17) is 14.2 Å². The fraction of sp³-hybridized carbons (Fsp3) is 0.357. The van der Waals surface area contributed by atoms with Gasteiger partial charge in [-0.25, -0.2) is 0 Å². The predicted molar refractivity (Wildman–Crippen MR) is 146 cm³/mol. The first-order valence-corrected chi connectivity index (χ1v) is 13.1. The molecule has 2 aromatic carbocycles. The fourth-order valence-corrected chi connectivity index (χ4v) is 4.44. The molecule has 0 unspecified atom stereocenters. The third-order valence-corrected chi connectivity index (χ3v) is 6.68. The van der Waals surface area contributed by atoms with Crippen LogP contribution in [-0.4, -0.2) is 54.3 Å². The van der Waals surface area contributed by atoms with Gasteiger partial charge in [0.25, 0.3) is 17.1 Å². The monoisotopic (exact) mass is 540 g/mol. The minimum absolute atomic E-state index is 0.172. The molecule has 1 aliphatic rings. The molecule has 0 radical (unpaired) electrons. The molecule has 0 bridgehead atoms. The summed E-state index contributed by atoms with van der Waals surface area (Å²) >= 11 is 0.745. The molecule has 1 N–H and O–H groups in total. The summed E-state index contributed by atoms with van der Waals surface area (Å²) in [6, 6.07) is 12.5. The van der Waals surface area contributed by atoms with Crippen molar-refractivity contribution in [2.45, 2.75) is 46.1 Å². The number of para-hydroxylation sites is 1. The Kier molecular flexibility index (Phi) is 9.95. The van der Waals surface area contributed by atoms with Crippen LogP contribution in [0.1, 0.15) is 51.2 Å². The Balaban J connectivity index is 1.65. The molecule has 2 aromatic rings. The third kappa shape index (κ3) is 7.38. The largest absolute Gasteiger partial charge is 0.493 e. The second-order valence-electron chi connectivity index (χ2n) is 8.97. The Hall–Kier alpha value is -3.79. The summed E-state index contributed by atoms with van der Waals surface area (Å²) < 4.78 is 16.3. The summed E-state index contributed by atoms with van der Waals surface area (Å²) in [5.41, 5.74) is 2.34. The topological polar surface area (TPSA) is 111 Å². The van der Waals surface area contributed by atoms with Crippen molar-refractivity contribution in [2.24, 2.45) is 0 Å². The molecule has 1 aliphatic heterocycles. The van der Waals surface area contributed by atoms with E-state index >= 15 is 0 Å². The predicted octanol–water partition coefficient (Wildman–Crippen LogP) is 5.21. The van der Waals surface area contributed by atoms with E-state index in [-0.39, 0.29) is 29.4 Å². The molecule has 0 aromatic heterocycles. The van der Waals surface area contributed by atoms with Crippen LogP contribution in [0.3, 0.4) is 0 Å². The fourth-order valence-electron chi connectivity index (χ4n) is 3.60. The number of anilines is 1. The van der Waals surface area contributed by atoms with Crippen molar-refractivity contribution in [3.63, 3.8) is 0 Å². The van der Waals surface area contributed by atoms with Crippen LogP contribution in [0.15, 0.2) is 47.4 Å². The maximum Gasteiger partial charge on any atom is 0.326 e. The number of ether oxygens (including phenoxy) is 3. The first-order chi connectivity index (χ1) is 18.1. The van der Waals surface area contributed by atoms with Gasteiger partial charge in [-0.1, -0.05) is 45.0 Å². The summed E-state index contributed by atoms with van der Waals surface area (Å²) in [4.78, 5) is 50.7. The Labute approximate surface area is 226 Å². The molecule has 9 nitrogen and oxygen atoms in total. The van der Waals surface area contributed by atoms with Crippen LogP contribution in [0.2, 0.25) is 0 Å². The first-order valence-electron chi connectivity index (χ1n) is 12.3. The molecular formula is C28H32N2O7S. The van der Waals surface area contributed by atoms with E-state index in [0.29, 0.717) is 23.5 Å². The minimum Gasteiger partial charge on any atom is -0.493 e. The second-order valence-corrected chi connectivity index (χ2v) is 9.96. The average Bonchev–Trinajstić information content (AvgIpc) is 3.14. The van der Waals surface area contributed by atoms with Gasteiger partial charge in [-0.3, -0.25) is 24.1 Å². The van der Waals surface area contributed by atoms with Crippen molar-refractivity contribution in [3.05, 3.63) is 58.5 Å². The summed E-state index contributed by atoms with van der Waals surface area (Å²) in [6.45, 7) is 7.05. The highest BCUT2D eigenvalue weighted by molar-refractivity contribution is 8.18. The van der Waals surface area contributed by atoms with Gasteiger partial charge in [0.2, 0.25) is 0 Å². The van der Waals surface area contributed by atoms with Crippen LogP contribution >= 0.6 is 11.8 Å². The van der Waals surface area contributed by atoms with Crippen LogP contribution in [0.4, 0.5) is 10.5 Å². The highest BCUT2D eigenvalue weighted by Gasteiger charge is 2.37. The van der Waals surface area contributed by atoms with Crippen molar-refractivity contribution in [1.82, 2.24) is 4.90 Å². The zero-order valence-corrected chi connectivity index (χ0v) is 22.9. The van der Waals surface area contributed by atoms with Crippen molar-refractivity contribution in [1.29, 1.82) is 0 Å². The number of esters is 1. The highest BCUT2D eigenvalue weighted by Crippen LogP contribution is 2.34. The normalized spacial score (nSPS) is 15.1. The van der Waals surface area contributed by atoms with Crippen molar-refractivity contribution in [3.8, 4) is 11.5 Å². The standard InChI is InChI=1S/C28H32N2O7S/c1-6-18(4)37-26(32)15-30-27(33)24(38-28(30)34)14-19-11-12-22(23(13-19)35-5)36-16-25(31)29-21-10-8-7-9-20(21)17(2)3/h7-14,17-18H,6,15-16H2,1-5H3,(H,29,31)/b24-14-/t18-/m0/s1. The molecule has 1 atom stereocenters. The van der Waals surface area contributed by atoms with Gasteiger partial charge in [0.05, 0.1) is 18.1 Å². The maximum atomic E-state index is 12.7. The summed E-state index contributed by atoms with van der Waals surface area (Å²) in [5.74, 6) is -0.574. The van der Waals surface area contributed by atoms with Gasteiger partial charge >= 0.3 is 5.97 Å². The van der Waals surface area contributed by atoms with E-state index < -0.39 is 23.7 Å². The van der Waals surface area contributed by atoms with Crippen LogP contribution in [0, 0.1) is 0 Å². The molecular weight excluding hydrogens is 508 g/mol. The smallest absolute Gasteiger partial charge is 0.326 e. The first kappa shape index (κ1) is 28.8. The number of nitrogens with one attached hydrogen (secondary N) is 1. The third-order valence-electron chi connectivity index (χ3n) is 5.77. The number of hydrogen-bond acceptors (Lipinski definition) is 8. The number of rotatable bonds is 11. The second kappa shape index (κ2) is 13.1. The van der Waals surface area contributed by atoms with Gasteiger partial charge in [0.1, 0.15) is 6.54 Å². The number of amides is 3. The van der Waals surface area contributed by atoms with Crippen molar-refractivity contribution in [2.75, 3.05) is 25.6 Å². The number of nitrogens with zero attached hydrogens (tertiary/aromatic N) is 1. The van der Waals surface area contributed by atoms with E-state index in [0.717, 1.165) is 27.9 Å². The molecule has 1 fully saturated rings. The van der Waals surface area contributed by atoms with Gasteiger partial charge in [-0.05, 0) is 66.4 Å². The lowest BCUT2D eigenvalue weighted by Gasteiger charge is -2.15. The molecule has 202 valence electrons. The zero-order chi connectivity index (χ0) is 27.8. The SMILES string of the molecule is CC[C@H](C)OC(=O)CN1C(=O)S/C(=C\c2ccc(OCC(=O)Nc3ccccc3C(C)C)c(OC)c2)C1=O. The molecule has 3 rings (SSSR count). The Morgan fingerprint density at radius 2 is 1.82 bits per heavy atom. The van der Waals surface area contributed by atoms with Crippen LogP contribution in [-0.2, 0) is 19.1 Å². The number of carbonyl (C=O) groups is 4. The van der Waals surface area contributed by atoms with Gasteiger partial charge in [0, 0.05) is 5.69 Å². The number of benzene rings is 2. The van der Waals surface area contributed by atoms with Crippen molar-refractivity contribution < 1.29 is 33.4 Å². The van der Waals surface area contributed by atoms with Gasteiger partial charge in [-0.2, -0.15) is 0 Å². The Morgan fingerprint density at radius 1 is 1.08 bits per heavy atom. The van der Waals surface area contributed by atoms with E-state index in [1.165, 1.54) is 13.2 Å². The molecule has 0 spiro atoms. The Morgan fingerprint density at radius 3 is 2.50 bits per heavy atom. The van der Waals surface area contributed by atoms with E-state index in [9.17, 15) is 19.2 Å². The molecule has 1 heterocycles. The lowest BCUT2D eigenvalue weighted by atomic mass is 10.0. The van der Waals surface area contributed by atoms with Crippen LogP contribution < -0.4 is 14.8 Å². The van der Waals surface area contributed by atoms with Crippen molar-refractivity contribution >= 4 is 46.5 Å². The number of methoxy groups -OCH3 is 1. The maximum absolute atomic E-state index is 12.7. The molecule has 0 aliphatic carbocycles. The lowest BCUT2D eigenvalue weighted by molar-refractivity contribution is -0.150. The van der Waals surface area contributed by atoms with E-state index in [1.54, 1.807) is 25.1 Å². The highest BCUT2D eigenvalue weighted by atomic mass is 32.2. The van der Waals surface area contributed by atoms with E-state index in [2.05, 4.69) is 19.2 Å². The Bertz CT molecular complexity index is 1240. The lowest BCUT2D eigenvalue weighted by Crippen LogP contribution is -2.35. The molecule has 0 saturated carbocycles. The van der Waals surface area contributed by atoms with E-state index in [1.807, 2.05) is 31.2 Å². The number of thioether (sulfide) groups is 1. The quantitative estimate of drug-likeness (QED) is 0.305. The number of hydrogen-bond donors (Lipinski definition) is 1. The number of imide groups is 1. The van der Waals surface area contributed by atoms with Crippen LogP contribution in [0.5, 0.6) is 11.5 Å². The summed E-state index contributed by atoms with van der Waals surface area (Å²) in [6.07, 6.45) is 1.87. The average molecular weight is 541 g/mol. The molecule has 3 amide bonds. The van der Waals surface area contributed by atoms with Crippen LogP contribution in [0.25, 0.3) is 6.08 Å². The number of carbonyl (C=O) groups excluding carboxylic acids is 4. The van der Waals surface area contributed by atoms with Gasteiger partial charge in [-0.15, -0.1) is 0 Å². The summed E-state index contributed by atoms with van der Waals surface area (Å²) in [5, 5.41) is 2.33. The minimum atomic E-state index is -0.636. The van der Waals surface area contributed by atoms with Gasteiger partial charge < -0.3 is 19.5 Å². The van der Waals surface area contributed by atoms with Gasteiger partial charge in [0.15, 0.2) is 18.1 Å². The molecule has 1 saturated heterocycles.